The highest BCUT2D eigenvalue weighted by atomic mass is 32.2. The molecule has 1 aromatic heterocycles. The van der Waals surface area contributed by atoms with Crippen molar-refractivity contribution in [3.8, 4) is 0 Å². The molecule has 0 saturated carbocycles. The molecule has 0 spiro atoms. The van der Waals surface area contributed by atoms with Gasteiger partial charge in [-0.3, -0.25) is 10.1 Å². The topological polar surface area (TPSA) is 50.2 Å². The minimum absolute atomic E-state index is 0.113. The molecule has 0 aliphatic rings. The van der Waals surface area contributed by atoms with E-state index in [-0.39, 0.29) is 11.7 Å². The van der Waals surface area contributed by atoms with Crippen molar-refractivity contribution < 1.29 is 4.79 Å². The van der Waals surface area contributed by atoms with Crippen molar-refractivity contribution >= 4 is 51.2 Å². The number of carbonyl (C=O) groups excluding carboxylic acids is 1. The first-order valence-electron chi connectivity index (χ1n) is 6.04. The standard InChI is InChI=1S/C13H16N4OS2/c1-16(2)13(19)20-8-11(18)15-12-14-9-6-4-5-7-10(9)17(12)3/h4-7H,8H2,1-3H3,(H,14,15,18). The van der Waals surface area contributed by atoms with Gasteiger partial charge in [-0.15, -0.1) is 0 Å². The van der Waals surface area contributed by atoms with Gasteiger partial charge in [-0.1, -0.05) is 36.1 Å². The zero-order valence-electron chi connectivity index (χ0n) is 11.6. The van der Waals surface area contributed by atoms with Crippen LogP contribution in [-0.2, 0) is 11.8 Å². The maximum Gasteiger partial charge on any atom is 0.237 e. The summed E-state index contributed by atoms with van der Waals surface area (Å²) in [6.07, 6.45) is 0. The molecule has 2 aromatic rings. The van der Waals surface area contributed by atoms with Gasteiger partial charge in [0, 0.05) is 21.1 Å². The largest absolute Gasteiger partial charge is 0.364 e. The van der Waals surface area contributed by atoms with Crippen molar-refractivity contribution in [2.45, 2.75) is 0 Å². The van der Waals surface area contributed by atoms with Crippen molar-refractivity contribution in [2.75, 3.05) is 25.2 Å². The molecule has 7 heteroatoms. The fraction of sp³-hybridized carbons (Fsp3) is 0.308. The number of benzene rings is 1. The number of amides is 1. The number of nitrogens with one attached hydrogen (secondary N) is 1. The van der Waals surface area contributed by atoms with Gasteiger partial charge in [-0.2, -0.15) is 0 Å². The third-order valence-corrected chi connectivity index (χ3v) is 4.47. The lowest BCUT2D eigenvalue weighted by molar-refractivity contribution is -0.113. The number of aryl methyl sites for hydroxylation is 1. The van der Waals surface area contributed by atoms with E-state index >= 15 is 0 Å². The summed E-state index contributed by atoms with van der Waals surface area (Å²) < 4.78 is 2.55. The highest BCUT2D eigenvalue weighted by molar-refractivity contribution is 8.23. The predicted molar refractivity (Wildman–Crippen MR) is 88.1 cm³/mol. The first-order chi connectivity index (χ1) is 9.49. The summed E-state index contributed by atoms with van der Waals surface area (Å²) in [5, 5.41) is 2.81. The molecule has 0 radical (unpaired) electrons. The predicted octanol–water partition coefficient (Wildman–Crippen LogP) is 2.09. The Bertz CT molecular complexity index is 651. The number of hydrogen-bond acceptors (Lipinski definition) is 4. The fourth-order valence-electron chi connectivity index (χ4n) is 1.67. The second kappa shape index (κ2) is 6.23. The molecule has 20 heavy (non-hydrogen) atoms. The van der Waals surface area contributed by atoms with E-state index in [0.29, 0.717) is 10.3 Å². The van der Waals surface area contributed by atoms with Crippen molar-refractivity contribution in [1.82, 2.24) is 14.5 Å². The molecule has 5 nitrogen and oxygen atoms in total. The lowest BCUT2D eigenvalue weighted by atomic mass is 10.3. The van der Waals surface area contributed by atoms with Crippen LogP contribution in [0.4, 0.5) is 5.95 Å². The summed E-state index contributed by atoms with van der Waals surface area (Å²) in [5.74, 6) is 0.713. The van der Waals surface area contributed by atoms with Crippen LogP contribution in [0.1, 0.15) is 0 Å². The summed E-state index contributed by atoms with van der Waals surface area (Å²) >= 11 is 6.46. The van der Waals surface area contributed by atoms with Crippen LogP contribution >= 0.6 is 24.0 Å². The Hall–Kier alpha value is -1.60. The lowest BCUT2D eigenvalue weighted by Crippen LogP contribution is -2.21. The van der Waals surface area contributed by atoms with Gasteiger partial charge in [0.25, 0.3) is 0 Å². The van der Waals surface area contributed by atoms with Crippen LogP contribution in [0.5, 0.6) is 0 Å². The Morgan fingerprint density at radius 3 is 2.80 bits per heavy atom. The van der Waals surface area contributed by atoms with E-state index in [1.165, 1.54) is 11.8 Å². The van der Waals surface area contributed by atoms with E-state index in [2.05, 4.69) is 10.3 Å². The molecule has 0 atom stereocenters. The van der Waals surface area contributed by atoms with Crippen molar-refractivity contribution in [1.29, 1.82) is 0 Å². The molecule has 0 unspecified atom stereocenters. The van der Waals surface area contributed by atoms with Gasteiger partial charge in [0.05, 0.1) is 16.8 Å². The van der Waals surface area contributed by atoms with Crippen LogP contribution in [-0.4, -0.2) is 44.5 Å². The number of anilines is 1. The first-order valence-corrected chi connectivity index (χ1v) is 7.44. The van der Waals surface area contributed by atoms with E-state index in [1.807, 2.05) is 54.9 Å². The zero-order chi connectivity index (χ0) is 14.7. The molecule has 1 aromatic carbocycles. The smallest absolute Gasteiger partial charge is 0.237 e. The summed E-state index contributed by atoms with van der Waals surface area (Å²) in [4.78, 5) is 18.1. The Morgan fingerprint density at radius 1 is 1.45 bits per heavy atom. The molecule has 0 aliphatic carbocycles. The van der Waals surface area contributed by atoms with Crippen LogP contribution in [0.3, 0.4) is 0 Å². The number of nitrogens with zero attached hydrogens (tertiary/aromatic N) is 3. The van der Waals surface area contributed by atoms with E-state index in [9.17, 15) is 4.79 Å². The average molecular weight is 308 g/mol. The van der Waals surface area contributed by atoms with E-state index in [1.54, 1.807) is 0 Å². The van der Waals surface area contributed by atoms with Gasteiger partial charge < -0.3 is 9.47 Å². The van der Waals surface area contributed by atoms with Crippen LogP contribution in [0.15, 0.2) is 24.3 Å². The third-order valence-electron chi connectivity index (χ3n) is 2.73. The number of imidazole rings is 1. The maximum atomic E-state index is 11.9. The minimum Gasteiger partial charge on any atom is -0.364 e. The van der Waals surface area contributed by atoms with Gasteiger partial charge in [0.1, 0.15) is 4.32 Å². The molecule has 0 fully saturated rings. The fourth-order valence-corrected chi connectivity index (χ4v) is 2.44. The number of thiocarbonyl (C=S) groups is 1. The highest BCUT2D eigenvalue weighted by Crippen LogP contribution is 2.17. The van der Waals surface area contributed by atoms with E-state index < -0.39 is 0 Å². The molecular weight excluding hydrogens is 292 g/mol. The number of rotatable bonds is 3. The van der Waals surface area contributed by atoms with E-state index in [0.717, 1.165) is 11.0 Å². The number of aromatic nitrogens is 2. The molecule has 2 rings (SSSR count). The highest BCUT2D eigenvalue weighted by Gasteiger charge is 2.11. The second-order valence-electron chi connectivity index (χ2n) is 4.48. The molecule has 0 bridgehead atoms. The zero-order valence-corrected chi connectivity index (χ0v) is 13.2. The van der Waals surface area contributed by atoms with Crippen molar-refractivity contribution in [3.63, 3.8) is 0 Å². The second-order valence-corrected chi connectivity index (χ2v) is 6.09. The average Bonchev–Trinajstić information content (AvgIpc) is 2.73. The Balaban J connectivity index is 2.03. The Labute approximate surface area is 127 Å². The molecule has 1 N–H and O–H groups in total. The van der Waals surface area contributed by atoms with Crippen molar-refractivity contribution in [3.05, 3.63) is 24.3 Å². The summed E-state index contributed by atoms with van der Waals surface area (Å²) in [5.41, 5.74) is 1.85. The quantitative estimate of drug-likeness (QED) is 0.880. The molecule has 106 valence electrons. The minimum atomic E-state index is -0.113. The SMILES string of the molecule is CN(C)C(=S)SCC(=O)Nc1nc2ccccc2n1C. The van der Waals surface area contributed by atoms with Crippen LogP contribution < -0.4 is 5.32 Å². The van der Waals surface area contributed by atoms with Gasteiger partial charge in [0.15, 0.2) is 0 Å². The van der Waals surface area contributed by atoms with Gasteiger partial charge in [-0.05, 0) is 12.1 Å². The normalized spacial score (nSPS) is 10.6. The van der Waals surface area contributed by atoms with Gasteiger partial charge >= 0.3 is 0 Å². The summed E-state index contributed by atoms with van der Waals surface area (Å²) in [6, 6.07) is 7.75. The van der Waals surface area contributed by atoms with E-state index in [4.69, 9.17) is 12.2 Å². The van der Waals surface area contributed by atoms with Crippen molar-refractivity contribution in [2.24, 2.45) is 7.05 Å². The first kappa shape index (κ1) is 14.8. The number of fused-ring (bicyclic) bond motifs is 1. The van der Waals surface area contributed by atoms with Crippen LogP contribution in [0, 0.1) is 0 Å². The lowest BCUT2D eigenvalue weighted by Gasteiger charge is -2.12. The number of hydrogen-bond donors (Lipinski definition) is 1. The monoisotopic (exact) mass is 308 g/mol. The third kappa shape index (κ3) is 3.29. The molecule has 1 heterocycles. The summed E-state index contributed by atoms with van der Waals surface area (Å²) in [7, 11) is 5.60. The maximum absolute atomic E-state index is 11.9. The van der Waals surface area contributed by atoms with Crippen LogP contribution in [0.25, 0.3) is 11.0 Å². The molecule has 1 amide bonds. The number of carbonyl (C=O) groups is 1. The summed E-state index contributed by atoms with van der Waals surface area (Å²) in [6.45, 7) is 0. The number of para-hydroxylation sites is 2. The van der Waals surface area contributed by atoms with Gasteiger partial charge in [-0.25, -0.2) is 4.98 Å². The van der Waals surface area contributed by atoms with Gasteiger partial charge in [0.2, 0.25) is 11.9 Å². The van der Waals surface area contributed by atoms with Crippen LogP contribution in [0.2, 0.25) is 0 Å². The Kier molecular flexibility index (Phi) is 4.61. The molecular formula is C13H16N4OS2. The Morgan fingerprint density at radius 2 is 2.15 bits per heavy atom. The molecule has 0 aliphatic heterocycles. The number of thioether (sulfide) groups is 1. The molecule has 0 saturated heterocycles.